The zero-order valence-electron chi connectivity index (χ0n) is 10.3. The molecule has 0 radical (unpaired) electrons. The third kappa shape index (κ3) is 2.91. The number of hydrogen-bond donors (Lipinski definition) is 3. The molecule has 3 N–H and O–H groups in total. The van der Waals surface area contributed by atoms with E-state index in [1.165, 1.54) is 0 Å². The van der Waals surface area contributed by atoms with Gasteiger partial charge >= 0.3 is 0 Å². The lowest BCUT2D eigenvalue weighted by Crippen LogP contribution is -2.33. The average molecular weight is 237 g/mol. The van der Waals surface area contributed by atoms with E-state index in [1.54, 1.807) is 0 Å². The monoisotopic (exact) mass is 237 g/mol. The molecule has 15 heavy (non-hydrogen) atoms. The molecule has 0 spiro atoms. The van der Waals surface area contributed by atoms with E-state index in [0.29, 0.717) is 25.4 Å². The van der Waals surface area contributed by atoms with Gasteiger partial charge in [0, 0.05) is 19.3 Å². The highest BCUT2D eigenvalue weighted by atomic mass is 31.2. The van der Waals surface area contributed by atoms with Crippen LogP contribution in [0.25, 0.3) is 0 Å². The van der Waals surface area contributed by atoms with E-state index in [1.807, 2.05) is 27.7 Å². The maximum Gasteiger partial charge on any atom is 0.169 e. The second-order valence-electron chi connectivity index (χ2n) is 3.98. The third-order valence-electron chi connectivity index (χ3n) is 3.31. The van der Waals surface area contributed by atoms with E-state index in [2.05, 4.69) is 0 Å². The van der Waals surface area contributed by atoms with Crippen LogP contribution in [0.5, 0.6) is 0 Å². The van der Waals surface area contributed by atoms with Gasteiger partial charge in [-0.1, -0.05) is 20.8 Å². The highest BCUT2D eigenvalue weighted by molar-refractivity contribution is 7.77. The molecule has 0 bridgehead atoms. The van der Waals surface area contributed by atoms with E-state index in [-0.39, 0.29) is 0 Å². The van der Waals surface area contributed by atoms with Crippen molar-refractivity contribution in [3.63, 3.8) is 0 Å². The Morgan fingerprint density at radius 1 is 0.733 bits per heavy atom. The quantitative estimate of drug-likeness (QED) is 0.595. The summed E-state index contributed by atoms with van der Waals surface area (Å²) in [6, 6.07) is 0. The minimum Gasteiger partial charge on any atom is -0.359 e. The van der Waals surface area contributed by atoms with Crippen LogP contribution in [0.4, 0.5) is 0 Å². The van der Waals surface area contributed by atoms with Gasteiger partial charge in [0.15, 0.2) is 17.5 Å². The molecule has 0 amide bonds. The SMILES string of the molecule is CCC(O)[P+](CC)(C(O)CC)C(O)CC. The minimum atomic E-state index is -2.08. The summed E-state index contributed by atoms with van der Waals surface area (Å²) < 4.78 is 0. The summed E-state index contributed by atoms with van der Waals surface area (Å²) in [6.45, 7) is 7.67. The molecule has 0 aliphatic rings. The van der Waals surface area contributed by atoms with Gasteiger partial charge in [-0.2, -0.15) is 0 Å². The normalized spacial score (nSPS) is 21.8. The standard InChI is InChI=1S/C11H26O3P/c1-5-9(12)15(8-4,10(13)6-2)11(14)7-3/h9-14H,5-8H2,1-4H3/q+1. The second kappa shape index (κ2) is 6.80. The Bertz CT molecular complexity index is 149. The lowest BCUT2D eigenvalue weighted by molar-refractivity contribution is 0.179. The molecule has 3 nitrogen and oxygen atoms in total. The molecule has 4 heteroatoms. The Hall–Kier alpha value is 0.310. The van der Waals surface area contributed by atoms with Crippen molar-refractivity contribution in [2.75, 3.05) is 6.16 Å². The molecule has 0 heterocycles. The van der Waals surface area contributed by atoms with E-state index in [4.69, 9.17) is 0 Å². The summed E-state index contributed by atoms with van der Waals surface area (Å²) in [4.78, 5) is 0. The maximum absolute atomic E-state index is 10.1. The van der Waals surface area contributed by atoms with Crippen LogP contribution >= 0.6 is 7.26 Å². The van der Waals surface area contributed by atoms with E-state index >= 15 is 0 Å². The predicted molar refractivity (Wildman–Crippen MR) is 66.4 cm³/mol. The third-order valence-corrected chi connectivity index (χ3v) is 8.83. The van der Waals surface area contributed by atoms with Gasteiger partial charge < -0.3 is 15.3 Å². The maximum atomic E-state index is 10.1. The smallest absolute Gasteiger partial charge is 0.169 e. The fraction of sp³-hybridized carbons (Fsp3) is 1.00. The molecule has 92 valence electrons. The van der Waals surface area contributed by atoms with Crippen LogP contribution in [0.3, 0.4) is 0 Å². The first-order chi connectivity index (χ1) is 7.00. The molecular weight excluding hydrogens is 211 g/mol. The fourth-order valence-electron chi connectivity index (χ4n) is 2.25. The molecule has 0 aromatic rings. The van der Waals surface area contributed by atoms with E-state index < -0.39 is 24.8 Å². The number of rotatable bonds is 7. The van der Waals surface area contributed by atoms with Crippen molar-refractivity contribution in [2.45, 2.75) is 64.5 Å². The van der Waals surface area contributed by atoms with Crippen LogP contribution in [0, 0.1) is 0 Å². The van der Waals surface area contributed by atoms with Crippen molar-refractivity contribution in [2.24, 2.45) is 0 Å². The Morgan fingerprint density at radius 2 is 1.00 bits per heavy atom. The molecule has 3 unspecified atom stereocenters. The Balaban J connectivity index is 5.09. The van der Waals surface area contributed by atoms with Gasteiger partial charge in [0.2, 0.25) is 0 Å². The van der Waals surface area contributed by atoms with E-state index in [0.717, 1.165) is 0 Å². The Labute approximate surface area is 93.9 Å². The van der Waals surface area contributed by atoms with Crippen molar-refractivity contribution >= 4 is 7.26 Å². The first-order valence-electron chi connectivity index (χ1n) is 5.92. The van der Waals surface area contributed by atoms with Crippen LogP contribution in [-0.2, 0) is 0 Å². The number of aliphatic hydroxyl groups excluding tert-OH is 3. The zero-order valence-corrected chi connectivity index (χ0v) is 11.2. The van der Waals surface area contributed by atoms with Crippen molar-refractivity contribution in [3.05, 3.63) is 0 Å². The van der Waals surface area contributed by atoms with Gasteiger partial charge in [-0.05, 0) is 6.92 Å². The molecular formula is C11H26O3P+. The van der Waals surface area contributed by atoms with Crippen molar-refractivity contribution in [1.82, 2.24) is 0 Å². The molecule has 0 aromatic carbocycles. The molecule has 3 atom stereocenters. The van der Waals surface area contributed by atoms with Gasteiger partial charge in [-0.3, -0.25) is 0 Å². The van der Waals surface area contributed by atoms with Crippen molar-refractivity contribution < 1.29 is 15.3 Å². The van der Waals surface area contributed by atoms with E-state index in [9.17, 15) is 15.3 Å². The lowest BCUT2D eigenvalue weighted by atomic mass is 10.5. The zero-order chi connectivity index (χ0) is 12.1. The summed E-state index contributed by atoms with van der Waals surface area (Å²) >= 11 is 0. The highest BCUT2D eigenvalue weighted by Gasteiger charge is 2.53. The van der Waals surface area contributed by atoms with Gasteiger partial charge in [0.25, 0.3) is 0 Å². The summed E-state index contributed by atoms with van der Waals surface area (Å²) in [5.74, 6) is -1.60. The predicted octanol–water partition coefficient (Wildman–Crippen LogP) is 2.21. The molecule has 0 aromatic heterocycles. The van der Waals surface area contributed by atoms with Gasteiger partial charge in [0.1, 0.15) is 7.26 Å². The van der Waals surface area contributed by atoms with Crippen LogP contribution in [0.2, 0.25) is 0 Å². The van der Waals surface area contributed by atoms with Gasteiger partial charge in [-0.25, -0.2) is 0 Å². The number of aliphatic hydroxyl groups is 3. The van der Waals surface area contributed by atoms with Crippen LogP contribution in [-0.4, -0.2) is 39.0 Å². The highest BCUT2D eigenvalue weighted by Crippen LogP contribution is 2.70. The molecule has 0 rings (SSSR count). The molecule has 0 saturated heterocycles. The summed E-state index contributed by atoms with van der Waals surface area (Å²) in [7, 11) is -2.08. The topological polar surface area (TPSA) is 60.7 Å². The lowest BCUT2D eigenvalue weighted by Gasteiger charge is -2.37. The second-order valence-corrected chi connectivity index (χ2v) is 8.39. The van der Waals surface area contributed by atoms with Crippen molar-refractivity contribution in [3.8, 4) is 0 Å². The average Bonchev–Trinajstić information content (AvgIpc) is 2.29. The van der Waals surface area contributed by atoms with Crippen LogP contribution < -0.4 is 0 Å². The largest absolute Gasteiger partial charge is 0.359 e. The molecule has 0 saturated carbocycles. The molecule has 0 fully saturated rings. The van der Waals surface area contributed by atoms with Crippen LogP contribution in [0.15, 0.2) is 0 Å². The molecule has 0 aliphatic carbocycles. The summed E-state index contributed by atoms with van der Waals surface area (Å²) in [6.07, 6.45) is 2.52. The molecule has 0 aliphatic heterocycles. The van der Waals surface area contributed by atoms with Gasteiger partial charge in [-0.15, -0.1) is 0 Å². The number of hydrogen-bond acceptors (Lipinski definition) is 3. The Morgan fingerprint density at radius 3 is 1.13 bits per heavy atom. The first kappa shape index (κ1) is 15.3. The van der Waals surface area contributed by atoms with Gasteiger partial charge in [0.05, 0.1) is 6.16 Å². The summed E-state index contributed by atoms with van der Waals surface area (Å²) in [5.41, 5.74) is 0. The Kier molecular flexibility index (Phi) is 6.94. The minimum absolute atomic E-state index is 0.535. The van der Waals surface area contributed by atoms with Crippen molar-refractivity contribution in [1.29, 1.82) is 0 Å². The fourth-order valence-corrected chi connectivity index (χ4v) is 6.74. The van der Waals surface area contributed by atoms with Crippen LogP contribution in [0.1, 0.15) is 47.0 Å². The summed E-state index contributed by atoms with van der Waals surface area (Å²) in [5, 5.41) is 30.3. The first-order valence-corrected chi connectivity index (χ1v) is 8.10.